The van der Waals surface area contributed by atoms with Crippen LogP contribution in [0.1, 0.15) is 26.1 Å². The molecule has 1 heterocycles. The van der Waals surface area contributed by atoms with Crippen molar-refractivity contribution >= 4 is 17.5 Å². The van der Waals surface area contributed by atoms with Gasteiger partial charge >= 0.3 is 0 Å². The van der Waals surface area contributed by atoms with Gasteiger partial charge < -0.3 is 16.4 Å². The second kappa shape index (κ2) is 6.78. The van der Waals surface area contributed by atoms with Crippen LogP contribution in [-0.2, 0) is 4.79 Å². The first-order valence-electron chi connectivity index (χ1n) is 6.09. The summed E-state index contributed by atoms with van der Waals surface area (Å²) in [6.07, 6.45) is 0.412. The van der Waals surface area contributed by atoms with Gasteiger partial charge in [-0.05, 0) is 12.8 Å². The summed E-state index contributed by atoms with van der Waals surface area (Å²) in [6, 6.07) is 1.65. The molecule has 0 saturated heterocycles. The van der Waals surface area contributed by atoms with Gasteiger partial charge in [-0.25, -0.2) is 9.97 Å². The van der Waals surface area contributed by atoms with Gasteiger partial charge in [0.05, 0.1) is 0 Å². The molecular formula is C12H21N5O. The first-order valence-corrected chi connectivity index (χ1v) is 6.09. The van der Waals surface area contributed by atoms with Gasteiger partial charge in [0.2, 0.25) is 5.91 Å². The van der Waals surface area contributed by atoms with E-state index in [4.69, 9.17) is 5.73 Å². The van der Waals surface area contributed by atoms with E-state index in [-0.39, 0.29) is 5.91 Å². The number of carbonyl (C=O) groups excluding carboxylic acids is 1. The number of rotatable bonds is 6. The summed E-state index contributed by atoms with van der Waals surface area (Å²) in [5, 5.41) is 5.91. The molecule has 4 N–H and O–H groups in total. The molecule has 1 aromatic heterocycles. The lowest BCUT2D eigenvalue weighted by Gasteiger charge is -2.09. The number of anilines is 2. The van der Waals surface area contributed by atoms with E-state index in [2.05, 4.69) is 34.4 Å². The van der Waals surface area contributed by atoms with E-state index in [1.807, 2.05) is 0 Å². The van der Waals surface area contributed by atoms with E-state index in [9.17, 15) is 4.79 Å². The summed E-state index contributed by atoms with van der Waals surface area (Å²) >= 11 is 0. The molecule has 0 atom stereocenters. The molecule has 100 valence electrons. The third kappa shape index (κ3) is 5.47. The third-order valence-corrected chi connectivity index (χ3v) is 2.22. The molecule has 1 amide bonds. The van der Waals surface area contributed by atoms with Crippen molar-refractivity contribution in [3.8, 4) is 0 Å². The van der Waals surface area contributed by atoms with Crippen molar-refractivity contribution in [2.24, 2.45) is 5.92 Å². The standard InChI is InChI=1S/C12H21N5O/c1-8(2)7-15-12(18)4-5-14-11-6-10(13)16-9(3)17-11/h6,8H,4-5,7H2,1-3H3,(H,15,18)(H3,13,14,16,17). The maximum atomic E-state index is 11.5. The minimum Gasteiger partial charge on any atom is -0.384 e. The predicted octanol–water partition coefficient (Wildman–Crippen LogP) is 0.941. The molecule has 6 nitrogen and oxygen atoms in total. The Bertz CT molecular complexity index is 385. The van der Waals surface area contributed by atoms with Crippen molar-refractivity contribution in [2.75, 3.05) is 24.1 Å². The second-order valence-corrected chi connectivity index (χ2v) is 4.60. The van der Waals surface area contributed by atoms with Gasteiger partial charge in [0.1, 0.15) is 17.5 Å². The van der Waals surface area contributed by atoms with Crippen molar-refractivity contribution in [1.29, 1.82) is 0 Å². The quantitative estimate of drug-likeness (QED) is 0.699. The summed E-state index contributed by atoms with van der Waals surface area (Å²) in [7, 11) is 0. The number of hydrogen-bond acceptors (Lipinski definition) is 5. The highest BCUT2D eigenvalue weighted by molar-refractivity contribution is 5.76. The van der Waals surface area contributed by atoms with Crippen molar-refractivity contribution in [3.63, 3.8) is 0 Å². The first-order chi connectivity index (χ1) is 8.47. The number of amides is 1. The zero-order valence-corrected chi connectivity index (χ0v) is 11.2. The average molecular weight is 251 g/mol. The maximum absolute atomic E-state index is 11.5. The normalized spacial score (nSPS) is 10.4. The molecule has 0 saturated carbocycles. The Morgan fingerprint density at radius 2 is 2.17 bits per heavy atom. The Balaban J connectivity index is 2.30. The molecule has 0 aromatic carbocycles. The van der Waals surface area contributed by atoms with Gasteiger partial charge in [-0.3, -0.25) is 4.79 Å². The molecule has 0 bridgehead atoms. The number of nitrogens with two attached hydrogens (primary N) is 1. The van der Waals surface area contributed by atoms with Crippen LogP contribution in [0.15, 0.2) is 6.07 Å². The van der Waals surface area contributed by atoms with Crippen LogP contribution in [0.4, 0.5) is 11.6 Å². The van der Waals surface area contributed by atoms with Gasteiger partial charge in [0.25, 0.3) is 0 Å². The maximum Gasteiger partial charge on any atom is 0.221 e. The number of nitrogen functional groups attached to an aromatic ring is 1. The summed E-state index contributed by atoms with van der Waals surface area (Å²) in [4.78, 5) is 19.6. The van der Waals surface area contributed by atoms with Gasteiger partial charge in [-0.15, -0.1) is 0 Å². The molecule has 0 aliphatic heterocycles. The van der Waals surface area contributed by atoms with Crippen LogP contribution in [0.3, 0.4) is 0 Å². The minimum absolute atomic E-state index is 0.0370. The number of nitrogens with zero attached hydrogens (tertiary/aromatic N) is 2. The minimum atomic E-state index is 0.0370. The Kier molecular flexibility index (Phi) is 5.35. The molecule has 0 fully saturated rings. The largest absolute Gasteiger partial charge is 0.384 e. The Hall–Kier alpha value is -1.85. The van der Waals surface area contributed by atoms with E-state index >= 15 is 0 Å². The third-order valence-electron chi connectivity index (χ3n) is 2.22. The van der Waals surface area contributed by atoms with Crippen molar-refractivity contribution in [2.45, 2.75) is 27.2 Å². The molecular weight excluding hydrogens is 230 g/mol. The zero-order chi connectivity index (χ0) is 13.5. The van der Waals surface area contributed by atoms with Crippen LogP contribution in [0.2, 0.25) is 0 Å². The number of aromatic nitrogens is 2. The van der Waals surface area contributed by atoms with Gasteiger partial charge in [-0.1, -0.05) is 13.8 Å². The van der Waals surface area contributed by atoms with Crippen LogP contribution >= 0.6 is 0 Å². The average Bonchev–Trinajstić information content (AvgIpc) is 2.25. The van der Waals surface area contributed by atoms with Gasteiger partial charge in [-0.2, -0.15) is 0 Å². The van der Waals surface area contributed by atoms with Crippen LogP contribution < -0.4 is 16.4 Å². The number of nitrogens with one attached hydrogen (secondary N) is 2. The Labute approximate surface area is 107 Å². The highest BCUT2D eigenvalue weighted by Crippen LogP contribution is 2.07. The van der Waals surface area contributed by atoms with Crippen LogP contribution in [0, 0.1) is 12.8 Å². The zero-order valence-electron chi connectivity index (χ0n) is 11.2. The van der Waals surface area contributed by atoms with Gasteiger partial charge in [0.15, 0.2) is 0 Å². The fourth-order valence-corrected chi connectivity index (χ4v) is 1.39. The summed E-state index contributed by atoms with van der Waals surface area (Å²) in [5.41, 5.74) is 5.60. The van der Waals surface area contributed by atoms with Crippen LogP contribution in [0.25, 0.3) is 0 Å². The lowest BCUT2D eigenvalue weighted by Crippen LogP contribution is -2.28. The van der Waals surface area contributed by atoms with Crippen LogP contribution in [0.5, 0.6) is 0 Å². The van der Waals surface area contributed by atoms with E-state index in [0.717, 1.165) is 0 Å². The Morgan fingerprint density at radius 3 is 2.78 bits per heavy atom. The van der Waals surface area contributed by atoms with E-state index in [1.165, 1.54) is 0 Å². The first kappa shape index (κ1) is 14.2. The number of aryl methyl sites for hydroxylation is 1. The predicted molar refractivity (Wildman–Crippen MR) is 72.1 cm³/mol. The number of hydrogen-bond donors (Lipinski definition) is 3. The lowest BCUT2D eigenvalue weighted by molar-refractivity contribution is -0.120. The second-order valence-electron chi connectivity index (χ2n) is 4.60. The fraction of sp³-hybridized carbons (Fsp3) is 0.583. The smallest absolute Gasteiger partial charge is 0.221 e. The van der Waals surface area contributed by atoms with Gasteiger partial charge in [0, 0.05) is 25.6 Å². The molecule has 0 radical (unpaired) electrons. The monoisotopic (exact) mass is 251 g/mol. The SMILES string of the molecule is Cc1nc(N)cc(NCCC(=O)NCC(C)C)n1. The Morgan fingerprint density at radius 1 is 1.44 bits per heavy atom. The molecule has 1 rings (SSSR count). The molecule has 0 aliphatic carbocycles. The summed E-state index contributed by atoms with van der Waals surface area (Å²) in [6.45, 7) is 7.13. The number of carbonyl (C=O) groups is 1. The van der Waals surface area contributed by atoms with Crippen molar-refractivity contribution in [1.82, 2.24) is 15.3 Å². The lowest BCUT2D eigenvalue weighted by atomic mass is 10.2. The molecule has 6 heteroatoms. The highest BCUT2D eigenvalue weighted by atomic mass is 16.1. The molecule has 0 unspecified atom stereocenters. The van der Waals surface area contributed by atoms with E-state index in [0.29, 0.717) is 42.9 Å². The van der Waals surface area contributed by atoms with Crippen molar-refractivity contribution < 1.29 is 4.79 Å². The fourth-order valence-electron chi connectivity index (χ4n) is 1.39. The van der Waals surface area contributed by atoms with Crippen molar-refractivity contribution in [3.05, 3.63) is 11.9 Å². The molecule has 18 heavy (non-hydrogen) atoms. The highest BCUT2D eigenvalue weighted by Gasteiger charge is 2.03. The van der Waals surface area contributed by atoms with E-state index in [1.54, 1.807) is 13.0 Å². The topological polar surface area (TPSA) is 92.9 Å². The summed E-state index contributed by atoms with van der Waals surface area (Å²) in [5.74, 6) is 2.19. The van der Waals surface area contributed by atoms with E-state index < -0.39 is 0 Å². The molecule has 0 spiro atoms. The molecule has 1 aromatic rings. The van der Waals surface area contributed by atoms with Crippen LogP contribution in [-0.4, -0.2) is 29.0 Å². The molecule has 0 aliphatic rings. The summed E-state index contributed by atoms with van der Waals surface area (Å²) < 4.78 is 0.